The Morgan fingerprint density at radius 3 is 2.52 bits per heavy atom. The van der Waals surface area contributed by atoms with E-state index in [4.69, 9.17) is 0 Å². The number of rotatable bonds is 3. The highest BCUT2D eigenvalue weighted by atomic mass is 16.1. The molecule has 4 heteroatoms. The van der Waals surface area contributed by atoms with Crippen LogP contribution < -0.4 is 5.43 Å². The number of Topliss-reactive ketones (excluding diaryl/α,β-unsaturated/α-hetero) is 1. The van der Waals surface area contributed by atoms with Crippen LogP contribution in [-0.2, 0) is 6.54 Å². The van der Waals surface area contributed by atoms with Gasteiger partial charge in [0.15, 0.2) is 11.2 Å². The summed E-state index contributed by atoms with van der Waals surface area (Å²) < 4.78 is 0. The van der Waals surface area contributed by atoms with Gasteiger partial charge in [0.05, 0.1) is 0 Å². The molecule has 4 nitrogen and oxygen atoms in total. The Labute approximate surface area is 136 Å². The number of carbonyl (C=O) groups excluding carboxylic acids is 1. The SMILES string of the molecule is CC(=O)c1ccc2[nH]c(C)c(CN3CCCCCC3)c(=O)c2c1. The number of H-pyrrole nitrogens is 1. The molecular weight excluding hydrogens is 288 g/mol. The molecule has 0 aliphatic carbocycles. The fraction of sp³-hybridized carbons (Fsp3) is 0.474. The Bertz CT molecular complexity index is 784. The molecule has 0 saturated carbocycles. The smallest absolute Gasteiger partial charge is 0.194 e. The first-order chi connectivity index (χ1) is 11.1. The molecule has 1 saturated heterocycles. The first-order valence-electron chi connectivity index (χ1n) is 8.45. The number of hydrogen-bond acceptors (Lipinski definition) is 3. The van der Waals surface area contributed by atoms with Crippen molar-refractivity contribution in [3.8, 4) is 0 Å². The van der Waals surface area contributed by atoms with Crippen LogP contribution in [0.3, 0.4) is 0 Å². The monoisotopic (exact) mass is 312 g/mol. The van der Waals surface area contributed by atoms with Crippen molar-refractivity contribution < 1.29 is 4.79 Å². The molecule has 1 N–H and O–H groups in total. The fourth-order valence-corrected chi connectivity index (χ4v) is 3.38. The number of likely N-dealkylation sites (tertiary alicyclic amines) is 1. The quantitative estimate of drug-likeness (QED) is 0.884. The Hall–Kier alpha value is -1.94. The van der Waals surface area contributed by atoms with Crippen molar-refractivity contribution in [2.45, 2.75) is 46.1 Å². The van der Waals surface area contributed by atoms with E-state index in [2.05, 4.69) is 9.88 Å². The molecule has 23 heavy (non-hydrogen) atoms. The van der Waals surface area contributed by atoms with E-state index in [0.717, 1.165) is 29.9 Å². The van der Waals surface area contributed by atoms with Gasteiger partial charge in [-0.25, -0.2) is 0 Å². The second-order valence-electron chi connectivity index (χ2n) is 6.56. The molecule has 1 aliphatic rings. The Balaban J connectivity index is 2.02. The maximum absolute atomic E-state index is 12.9. The third-order valence-corrected chi connectivity index (χ3v) is 4.80. The van der Waals surface area contributed by atoms with E-state index in [9.17, 15) is 9.59 Å². The summed E-state index contributed by atoms with van der Waals surface area (Å²) >= 11 is 0. The van der Waals surface area contributed by atoms with Crippen LogP contribution in [0.5, 0.6) is 0 Å². The van der Waals surface area contributed by atoms with E-state index in [-0.39, 0.29) is 11.2 Å². The summed E-state index contributed by atoms with van der Waals surface area (Å²) in [7, 11) is 0. The van der Waals surface area contributed by atoms with E-state index in [0.29, 0.717) is 17.5 Å². The average Bonchev–Trinajstić information content (AvgIpc) is 2.79. The number of benzene rings is 1. The van der Waals surface area contributed by atoms with Gasteiger partial charge in [-0.15, -0.1) is 0 Å². The van der Waals surface area contributed by atoms with Crippen LogP contribution in [0.15, 0.2) is 23.0 Å². The summed E-state index contributed by atoms with van der Waals surface area (Å²) in [5, 5.41) is 0.619. The zero-order valence-corrected chi connectivity index (χ0v) is 13.9. The van der Waals surface area contributed by atoms with Gasteiger partial charge < -0.3 is 4.98 Å². The molecule has 1 fully saturated rings. The van der Waals surface area contributed by atoms with Crippen LogP contribution in [0.4, 0.5) is 0 Å². The van der Waals surface area contributed by atoms with Gasteiger partial charge >= 0.3 is 0 Å². The minimum Gasteiger partial charge on any atom is -0.358 e. The number of carbonyl (C=O) groups is 1. The van der Waals surface area contributed by atoms with Gasteiger partial charge in [-0.2, -0.15) is 0 Å². The maximum Gasteiger partial charge on any atom is 0.194 e. The highest BCUT2D eigenvalue weighted by Gasteiger charge is 2.15. The number of aromatic amines is 1. The van der Waals surface area contributed by atoms with Crippen molar-refractivity contribution in [1.29, 1.82) is 0 Å². The number of fused-ring (bicyclic) bond motifs is 1. The van der Waals surface area contributed by atoms with Gasteiger partial charge in [-0.1, -0.05) is 12.8 Å². The van der Waals surface area contributed by atoms with Crippen LogP contribution in [-0.4, -0.2) is 28.8 Å². The lowest BCUT2D eigenvalue weighted by Crippen LogP contribution is -2.28. The zero-order valence-electron chi connectivity index (χ0n) is 13.9. The molecule has 122 valence electrons. The van der Waals surface area contributed by atoms with E-state index in [1.807, 2.05) is 13.0 Å². The van der Waals surface area contributed by atoms with E-state index in [1.54, 1.807) is 12.1 Å². The largest absolute Gasteiger partial charge is 0.358 e. The lowest BCUT2D eigenvalue weighted by molar-refractivity contribution is 0.101. The van der Waals surface area contributed by atoms with E-state index < -0.39 is 0 Å². The molecule has 0 amide bonds. The number of aryl methyl sites for hydroxylation is 1. The van der Waals surface area contributed by atoms with Crippen LogP contribution in [0.1, 0.15) is 54.2 Å². The van der Waals surface area contributed by atoms with Crippen LogP contribution >= 0.6 is 0 Å². The van der Waals surface area contributed by atoms with E-state index in [1.165, 1.54) is 32.6 Å². The van der Waals surface area contributed by atoms with Crippen molar-refractivity contribution in [2.75, 3.05) is 13.1 Å². The predicted octanol–water partition coefficient (Wildman–Crippen LogP) is 3.42. The second kappa shape index (κ2) is 6.67. The number of aromatic nitrogens is 1. The van der Waals surface area contributed by atoms with Gasteiger partial charge in [0.25, 0.3) is 0 Å². The average molecular weight is 312 g/mol. The third-order valence-electron chi connectivity index (χ3n) is 4.80. The number of nitrogens with one attached hydrogen (secondary N) is 1. The molecule has 1 aromatic carbocycles. The topological polar surface area (TPSA) is 53.2 Å². The van der Waals surface area contributed by atoms with E-state index >= 15 is 0 Å². The minimum absolute atomic E-state index is 0.0130. The second-order valence-corrected chi connectivity index (χ2v) is 6.56. The highest BCUT2D eigenvalue weighted by Crippen LogP contribution is 2.17. The lowest BCUT2D eigenvalue weighted by atomic mass is 10.0. The third kappa shape index (κ3) is 3.37. The van der Waals surface area contributed by atoms with Gasteiger partial charge in [-0.3, -0.25) is 14.5 Å². The van der Waals surface area contributed by atoms with Crippen molar-refractivity contribution >= 4 is 16.7 Å². The Morgan fingerprint density at radius 1 is 1.17 bits per heavy atom. The molecule has 0 bridgehead atoms. The summed E-state index contributed by atoms with van der Waals surface area (Å²) in [4.78, 5) is 30.2. The zero-order chi connectivity index (χ0) is 16.4. The molecule has 0 spiro atoms. The molecule has 1 aliphatic heterocycles. The molecule has 0 unspecified atom stereocenters. The van der Waals surface area contributed by atoms with Gasteiger partial charge in [-0.05, 0) is 58.0 Å². The molecule has 2 aromatic rings. The molecule has 0 atom stereocenters. The number of hydrogen-bond donors (Lipinski definition) is 1. The first kappa shape index (κ1) is 15.9. The van der Waals surface area contributed by atoms with Crippen LogP contribution in [0.25, 0.3) is 10.9 Å². The summed E-state index contributed by atoms with van der Waals surface area (Å²) in [6, 6.07) is 5.33. The standard InChI is InChI=1S/C19H24N2O2/c1-13-17(12-21-9-5-3-4-6-10-21)19(23)16-11-15(14(2)22)7-8-18(16)20-13/h7-8,11H,3-6,9-10,12H2,1-2H3,(H,20,23). The molecule has 2 heterocycles. The van der Waals surface area contributed by atoms with Crippen molar-refractivity contribution in [2.24, 2.45) is 0 Å². The maximum atomic E-state index is 12.9. The number of nitrogens with zero attached hydrogens (tertiary/aromatic N) is 1. The predicted molar refractivity (Wildman–Crippen MR) is 93.1 cm³/mol. The lowest BCUT2D eigenvalue weighted by Gasteiger charge is -2.20. The van der Waals surface area contributed by atoms with Crippen LogP contribution in [0.2, 0.25) is 0 Å². The first-order valence-corrected chi connectivity index (χ1v) is 8.45. The summed E-state index contributed by atoms with van der Waals surface area (Å²) in [6.07, 6.45) is 4.98. The van der Waals surface area contributed by atoms with Crippen molar-refractivity contribution in [3.05, 3.63) is 45.2 Å². The van der Waals surface area contributed by atoms with Gasteiger partial charge in [0.2, 0.25) is 0 Å². The molecular formula is C19H24N2O2. The Kier molecular flexibility index (Phi) is 4.62. The Morgan fingerprint density at radius 2 is 1.87 bits per heavy atom. The summed E-state index contributed by atoms with van der Waals surface area (Å²) in [5.41, 5.74) is 3.22. The highest BCUT2D eigenvalue weighted by molar-refractivity contribution is 5.97. The fourth-order valence-electron chi connectivity index (χ4n) is 3.38. The number of ketones is 1. The molecule has 3 rings (SSSR count). The molecule has 1 aromatic heterocycles. The number of pyridine rings is 1. The van der Waals surface area contributed by atoms with Crippen molar-refractivity contribution in [3.63, 3.8) is 0 Å². The normalized spacial score (nSPS) is 16.4. The summed E-state index contributed by atoms with van der Waals surface area (Å²) in [5.74, 6) is -0.0130. The van der Waals surface area contributed by atoms with Gasteiger partial charge in [0.1, 0.15) is 0 Å². The van der Waals surface area contributed by atoms with Gasteiger partial charge in [0, 0.05) is 34.3 Å². The van der Waals surface area contributed by atoms with Crippen LogP contribution in [0, 0.1) is 6.92 Å². The minimum atomic E-state index is -0.0130. The molecule has 0 radical (unpaired) electrons. The van der Waals surface area contributed by atoms with Crippen molar-refractivity contribution in [1.82, 2.24) is 9.88 Å². The summed E-state index contributed by atoms with van der Waals surface area (Å²) in [6.45, 7) is 6.31.